The van der Waals surface area contributed by atoms with Crippen LogP contribution in [0.3, 0.4) is 0 Å². The van der Waals surface area contributed by atoms with Crippen LogP contribution in [-0.4, -0.2) is 23.2 Å². The van der Waals surface area contributed by atoms with Gasteiger partial charge in [0.2, 0.25) is 0 Å². The Kier molecular flexibility index (Phi) is 4.16. The molecule has 5 nitrogen and oxygen atoms in total. The molecular weight excluding hydrogens is 322 g/mol. The summed E-state index contributed by atoms with van der Waals surface area (Å²) >= 11 is 0. The van der Waals surface area contributed by atoms with Crippen molar-refractivity contribution < 1.29 is 8.42 Å². The minimum absolute atomic E-state index is 0.0568. The summed E-state index contributed by atoms with van der Waals surface area (Å²) in [6, 6.07) is 5.63. The molecule has 0 bridgehead atoms. The average molecular weight is 345 g/mol. The highest BCUT2D eigenvalue weighted by molar-refractivity contribution is 7.90. The van der Waals surface area contributed by atoms with Crippen molar-refractivity contribution in [1.82, 2.24) is 14.8 Å². The van der Waals surface area contributed by atoms with Crippen molar-refractivity contribution >= 4 is 9.84 Å². The molecule has 1 aliphatic heterocycles. The van der Waals surface area contributed by atoms with Gasteiger partial charge in [0.15, 0.2) is 9.84 Å². The third kappa shape index (κ3) is 2.99. The van der Waals surface area contributed by atoms with Crippen molar-refractivity contribution in [1.29, 1.82) is 0 Å². The molecule has 0 saturated carbocycles. The van der Waals surface area contributed by atoms with Crippen LogP contribution in [0, 0.1) is 0 Å². The molecule has 2 aliphatic rings. The summed E-state index contributed by atoms with van der Waals surface area (Å²) in [5.41, 5.74) is 2.50. The second-order valence-electron chi connectivity index (χ2n) is 6.89. The minimum Gasteiger partial charge on any atom is -0.314 e. The van der Waals surface area contributed by atoms with E-state index in [2.05, 4.69) is 10.2 Å². The fourth-order valence-electron chi connectivity index (χ4n) is 3.81. The number of nitrogens with zero attached hydrogens (tertiary/aromatic N) is 3. The monoisotopic (exact) mass is 345 g/mol. The van der Waals surface area contributed by atoms with Gasteiger partial charge in [-0.25, -0.2) is 8.42 Å². The van der Waals surface area contributed by atoms with E-state index in [0.717, 1.165) is 50.9 Å². The van der Waals surface area contributed by atoms with E-state index in [1.165, 1.54) is 24.0 Å². The highest BCUT2D eigenvalue weighted by Crippen LogP contribution is 2.26. The van der Waals surface area contributed by atoms with Crippen molar-refractivity contribution in [2.24, 2.45) is 0 Å². The summed E-state index contributed by atoms with van der Waals surface area (Å²) in [7, 11) is -3.39. The van der Waals surface area contributed by atoms with Crippen molar-refractivity contribution in [2.75, 3.05) is 0 Å². The topological polar surface area (TPSA) is 64.8 Å². The van der Waals surface area contributed by atoms with Crippen LogP contribution in [-0.2, 0) is 41.4 Å². The Morgan fingerprint density at radius 3 is 2.58 bits per heavy atom. The van der Waals surface area contributed by atoms with Crippen molar-refractivity contribution in [3.63, 3.8) is 0 Å². The molecule has 6 heteroatoms. The van der Waals surface area contributed by atoms with Gasteiger partial charge in [-0.1, -0.05) is 12.5 Å². The van der Waals surface area contributed by atoms with Gasteiger partial charge in [-0.2, -0.15) is 0 Å². The van der Waals surface area contributed by atoms with E-state index in [1.54, 1.807) is 6.07 Å². The first-order chi connectivity index (χ1) is 11.6. The van der Waals surface area contributed by atoms with Gasteiger partial charge in [0.05, 0.1) is 4.90 Å². The van der Waals surface area contributed by atoms with Crippen LogP contribution in [0.1, 0.15) is 54.9 Å². The second-order valence-corrected chi connectivity index (χ2v) is 8.88. The molecule has 0 atom stereocenters. The van der Waals surface area contributed by atoms with Crippen LogP contribution in [0.5, 0.6) is 0 Å². The normalized spacial score (nSPS) is 17.8. The summed E-state index contributed by atoms with van der Waals surface area (Å²) in [5.74, 6) is 1.46. The van der Waals surface area contributed by atoms with E-state index >= 15 is 0 Å². The average Bonchev–Trinajstić information content (AvgIpc) is 2.81. The van der Waals surface area contributed by atoms with E-state index in [1.807, 2.05) is 16.7 Å². The second kappa shape index (κ2) is 6.31. The smallest absolute Gasteiger partial charge is 0.185 e. The number of rotatable bonds is 3. The molecule has 4 rings (SSSR count). The fourth-order valence-corrected chi connectivity index (χ4v) is 5.13. The number of hydrogen-bond acceptors (Lipinski definition) is 4. The van der Waals surface area contributed by atoms with Gasteiger partial charge in [-0.3, -0.25) is 0 Å². The van der Waals surface area contributed by atoms with E-state index in [-0.39, 0.29) is 5.75 Å². The predicted molar refractivity (Wildman–Crippen MR) is 91.6 cm³/mol. The Morgan fingerprint density at radius 1 is 0.917 bits per heavy atom. The lowest BCUT2D eigenvalue weighted by Crippen LogP contribution is -2.13. The highest BCUT2D eigenvalue weighted by atomic mass is 32.2. The number of aromatic nitrogens is 3. The molecule has 128 valence electrons. The summed E-state index contributed by atoms with van der Waals surface area (Å²) in [6.45, 7) is 0.831. The van der Waals surface area contributed by atoms with Crippen LogP contribution >= 0.6 is 0 Å². The first-order valence-electron chi connectivity index (χ1n) is 8.89. The van der Waals surface area contributed by atoms with E-state index in [4.69, 9.17) is 0 Å². The van der Waals surface area contributed by atoms with Gasteiger partial charge in [0.25, 0.3) is 0 Å². The molecule has 0 amide bonds. The molecule has 1 aliphatic carbocycles. The SMILES string of the molecule is O=S(=O)(Cc1nnc2n1CCCCC2)c1ccc2c(c1)CCCC2. The minimum atomic E-state index is -3.39. The van der Waals surface area contributed by atoms with Crippen molar-refractivity contribution in [2.45, 2.75) is 68.6 Å². The number of hydrogen-bond donors (Lipinski definition) is 0. The van der Waals surface area contributed by atoms with Crippen molar-refractivity contribution in [3.8, 4) is 0 Å². The maximum absolute atomic E-state index is 12.9. The Hall–Kier alpha value is -1.69. The van der Waals surface area contributed by atoms with Crippen LogP contribution in [0.4, 0.5) is 0 Å². The van der Waals surface area contributed by atoms with Crippen molar-refractivity contribution in [3.05, 3.63) is 41.0 Å². The Balaban J connectivity index is 1.63. The summed E-state index contributed by atoms with van der Waals surface area (Å²) in [5, 5.41) is 8.38. The van der Waals surface area contributed by atoms with Crippen LogP contribution in [0.15, 0.2) is 23.1 Å². The molecule has 1 aromatic heterocycles. The summed E-state index contributed by atoms with van der Waals surface area (Å²) in [4.78, 5) is 0.425. The van der Waals surface area contributed by atoms with Crippen LogP contribution in [0.2, 0.25) is 0 Å². The van der Waals surface area contributed by atoms with Gasteiger partial charge < -0.3 is 4.57 Å². The lowest BCUT2D eigenvalue weighted by atomic mass is 9.92. The standard InChI is InChI=1S/C18H23N3O2S/c22-24(23,16-10-9-14-6-3-4-7-15(14)12-16)13-18-20-19-17-8-2-1-5-11-21(17)18/h9-10,12H,1-8,11,13H2. The number of fused-ring (bicyclic) bond motifs is 2. The van der Waals surface area contributed by atoms with E-state index in [9.17, 15) is 8.42 Å². The summed E-state index contributed by atoms with van der Waals surface area (Å²) < 4.78 is 27.8. The van der Waals surface area contributed by atoms with Gasteiger partial charge >= 0.3 is 0 Å². The van der Waals surface area contributed by atoms with Crippen LogP contribution in [0.25, 0.3) is 0 Å². The molecular formula is C18H23N3O2S. The fraction of sp³-hybridized carbons (Fsp3) is 0.556. The van der Waals surface area contributed by atoms with Gasteiger partial charge in [0, 0.05) is 13.0 Å². The third-order valence-electron chi connectivity index (χ3n) is 5.18. The van der Waals surface area contributed by atoms with Gasteiger partial charge in [-0.05, 0) is 61.8 Å². The molecule has 0 radical (unpaired) electrons. The molecule has 0 N–H and O–H groups in total. The lowest BCUT2D eigenvalue weighted by Gasteiger charge is -2.16. The first-order valence-corrected chi connectivity index (χ1v) is 10.5. The quantitative estimate of drug-likeness (QED) is 0.858. The first kappa shape index (κ1) is 15.8. The van der Waals surface area contributed by atoms with Crippen LogP contribution < -0.4 is 0 Å². The zero-order chi connectivity index (χ0) is 16.6. The zero-order valence-corrected chi connectivity index (χ0v) is 14.7. The predicted octanol–water partition coefficient (Wildman–Crippen LogP) is 2.86. The largest absolute Gasteiger partial charge is 0.314 e. The molecule has 0 fully saturated rings. The molecule has 0 unspecified atom stereocenters. The number of sulfone groups is 1. The Morgan fingerprint density at radius 2 is 1.71 bits per heavy atom. The molecule has 1 aromatic carbocycles. The Bertz CT molecular complexity index is 855. The zero-order valence-electron chi connectivity index (χ0n) is 13.9. The summed E-state index contributed by atoms with van der Waals surface area (Å²) in [6.07, 6.45) is 8.63. The third-order valence-corrected chi connectivity index (χ3v) is 6.79. The molecule has 24 heavy (non-hydrogen) atoms. The maximum atomic E-state index is 12.9. The van der Waals surface area contributed by atoms with Gasteiger partial charge in [-0.15, -0.1) is 10.2 Å². The van der Waals surface area contributed by atoms with E-state index in [0.29, 0.717) is 10.7 Å². The highest BCUT2D eigenvalue weighted by Gasteiger charge is 2.23. The molecule has 2 heterocycles. The van der Waals surface area contributed by atoms with Gasteiger partial charge in [0.1, 0.15) is 17.4 Å². The lowest BCUT2D eigenvalue weighted by molar-refractivity contribution is 0.583. The molecule has 2 aromatic rings. The Labute approximate surface area is 143 Å². The number of aryl methyl sites for hydroxylation is 3. The molecule has 0 saturated heterocycles. The molecule has 0 spiro atoms. The maximum Gasteiger partial charge on any atom is 0.185 e. The number of benzene rings is 1. The van der Waals surface area contributed by atoms with E-state index < -0.39 is 9.84 Å².